The molecule has 0 aromatic heterocycles. The summed E-state index contributed by atoms with van der Waals surface area (Å²) in [4.78, 5) is 12.0. The maximum Gasteiger partial charge on any atom is 0.251 e. The highest BCUT2D eigenvalue weighted by molar-refractivity contribution is 5.95. The van der Waals surface area contributed by atoms with Crippen molar-refractivity contribution in [2.75, 3.05) is 13.1 Å². The molecule has 0 saturated heterocycles. The number of unbranched alkanes of at least 4 members (excludes halogenated alkanes) is 3. The molecule has 3 nitrogen and oxygen atoms in total. The first-order valence-corrected chi connectivity index (χ1v) is 6.70. The molecule has 0 radical (unpaired) electrons. The Kier molecular flexibility index (Phi) is 6.44. The molecule has 0 heterocycles. The van der Waals surface area contributed by atoms with Crippen molar-refractivity contribution in [2.24, 2.45) is 5.73 Å². The number of carbonyl (C=O) groups is 1. The van der Waals surface area contributed by atoms with Crippen LogP contribution in [0.4, 0.5) is 0 Å². The van der Waals surface area contributed by atoms with E-state index in [9.17, 15) is 4.79 Å². The van der Waals surface area contributed by atoms with Crippen molar-refractivity contribution in [3.8, 4) is 0 Å². The zero-order valence-electron chi connectivity index (χ0n) is 11.5. The number of nitrogens with two attached hydrogens (primary N) is 1. The fraction of sp³-hybridized carbons (Fsp3) is 0.533. The Morgan fingerprint density at radius 1 is 1.17 bits per heavy atom. The van der Waals surface area contributed by atoms with Crippen LogP contribution in [-0.4, -0.2) is 19.0 Å². The van der Waals surface area contributed by atoms with E-state index < -0.39 is 0 Å². The summed E-state index contributed by atoms with van der Waals surface area (Å²) >= 11 is 0. The molecule has 100 valence electrons. The minimum absolute atomic E-state index is 0.0371. The van der Waals surface area contributed by atoms with Gasteiger partial charge < -0.3 is 11.1 Å². The Bertz CT molecular complexity index is 388. The Morgan fingerprint density at radius 2 is 1.89 bits per heavy atom. The third-order valence-corrected chi connectivity index (χ3v) is 3.05. The van der Waals surface area contributed by atoms with Crippen molar-refractivity contribution in [3.63, 3.8) is 0 Å². The van der Waals surface area contributed by atoms with Gasteiger partial charge in [0.1, 0.15) is 0 Å². The second-order valence-electron chi connectivity index (χ2n) is 4.78. The first kappa shape index (κ1) is 14.7. The molecule has 0 bridgehead atoms. The molecule has 0 atom stereocenters. The van der Waals surface area contributed by atoms with Gasteiger partial charge in [0.15, 0.2) is 0 Å². The first-order chi connectivity index (χ1) is 8.65. The lowest BCUT2D eigenvalue weighted by Crippen LogP contribution is -2.25. The predicted molar refractivity (Wildman–Crippen MR) is 75.8 cm³/mol. The maximum atomic E-state index is 12.0. The van der Waals surface area contributed by atoms with Gasteiger partial charge in [0, 0.05) is 12.1 Å². The van der Waals surface area contributed by atoms with E-state index in [0.717, 1.165) is 55.5 Å². The van der Waals surface area contributed by atoms with Gasteiger partial charge in [-0.05, 0) is 44.9 Å². The molecule has 0 unspecified atom stereocenters. The lowest BCUT2D eigenvalue weighted by molar-refractivity contribution is 0.0952. The molecule has 0 aliphatic rings. The quantitative estimate of drug-likeness (QED) is 0.729. The smallest absolute Gasteiger partial charge is 0.251 e. The summed E-state index contributed by atoms with van der Waals surface area (Å²) in [5.41, 5.74) is 8.37. The van der Waals surface area contributed by atoms with E-state index in [2.05, 4.69) is 5.32 Å². The van der Waals surface area contributed by atoms with Crippen molar-refractivity contribution in [1.82, 2.24) is 5.32 Å². The average Bonchev–Trinajstić information content (AvgIpc) is 2.36. The van der Waals surface area contributed by atoms with Crippen LogP contribution in [0.1, 0.15) is 47.2 Å². The van der Waals surface area contributed by atoms with Gasteiger partial charge in [-0.3, -0.25) is 4.79 Å². The van der Waals surface area contributed by atoms with Gasteiger partial charge in [0.25, 0.3) is 5.91 Å². The van der Waals surface area contributed by atoms with Gasteiger partial charge in [0.05, 0.1) is 0 Å². The molecule has 1 rings (SSSR count). The molecule has 3 N–H and O–H groups in total. The van der Waals surface area contributed by atoms with Crippen molar-refractivity contribution in [3.05, 3.63) is 34.9 Å². The summed E-state index contributed by atoms with van der Waals surface area (Å²) < 4.78 is 0. The molecule has 1 amide bonds. The molecule has 0 spiro atoms. The third-order valence-electron chi connectivity index (χ3n) is 3.05. The number of aryl methyl sites for hydroxylation is 2. The number of rotatable bonds is 7. The predicted octanol–water partition coefficient (Wildman–Crippen LogP) is 2.55. The molecular weight excluding hydrogens is 224 g/mol. The molecule has 1 aromatic carbocycles. The molecule has 0 aliphatic carbocycles. The number of nitrogens with one attached hydrogen (secondary N) is 1. The molecule has 0 saturated carbocycles. The lowest BCUT2D eigenvalue weighted by Gasteiger charge is -2.08. The lowest BCUT2D eigenvalue weighted by atomic mass is 10.1. The summed E-state index contributed by atoms with van der Waals surface area (Å²) in [6.45, 7) is 5.48. The van der Waals surface area contributed by atoms with Crippen LogP contribution in [0.5, 0.6) is 0 Å². The van der Waals surface area contributed by atoms with E-state index in [1.54, 1.807) is 0 Å². The average molecular weight is 248 g/mol. The van der Waals surface area contributed by atoms with Crippen molar-refractivity contribution >= 4 is 5.91 Å². The molecule has 0 fully saturated rings. The fourth-order valence-electron chi connectivity index (χ4n) is 1.90. The Labute approximate surface area is 110 Å². The van der Waals surface area contributed by atoms with Gasteiger partial charge in [-0.25, -0.2) is 0 Å². The standard InChI is InChI=1S/C15H24N2O/c1-12-7-8-13(2)14(11-12)15(18)17-10-6-4-3-5-9-16/h7-8,11H,3-6,9-10,16H2,1-2H3,(H,17,18). The molecule has 18 heavy (non-hydrogen) atoms. The molecule has 1 aromatic rings. The van der Waals surface area contributed by atoms with Gasteiger partial charge >= 0.3 is 0 Å². The third kappa shape index (κ3) is 4.88. The number of carbonyl (C=O) groups excluding carboxylic acids is 1. The van der Waals surface area contributed by atoms with E-state index in [1.807, 2.05) is 32.0 Å². The highest BCUT2D eigenvalue weighted by atomic mass is 16.1. The number of amides is 1. The van der Waals surface area contributed by atoms with Crippen molar-refractivity contribution < 1.29 is 4.79 Å². The van der Waals surface area contributed by atoms with Crippen LogP contribution in [-0.2, 0) is 0 Å². The van der Waals surface area contributed by atoms with Crippen molar-refractivity contribution in [2.45, 2.75) is 39.5 Å². The summed E-state index contributed by atoms with van der Waals surface area (Å²) in [7, 11) is 0. The second kappa shape index (κ2) is 7.88. The van der Waals surface area contributed by atoms with Gasteiger partial charge in [0.2, 0.25) is 0 Å². The van der Waals surface area contributed by atoms with E-state index in [0.29, 0.717) is 0 Å². The highest BCUT2D eigenvalue weighted by Gasteiger charge is 2.07. The number of hydrogen-bond donors (Lipinski definition) is 2. The zero-order chi connectivity index (χ0) is 13.4. The van der Waals surface area contributed by atoms with E-state index in [1.165, 1.54) is 0 Å². The van der Waals surface area contributed by atoms with Crippen LogP contribution in [0.25, 0.3) is 0 Å². The topological polar surface area (TPSA) is 55.1 Å². The van der Waals surface area contributed by atoms with Crippen LogP contribution in [0, 0.1) is 13.8 Å². The van der Waals surface area contributed by atoms with Gasteiger partial charge in [-0.2, -0.15) is 0 Å². The Morgan fingerprint density at radius 3 is 2.61 bits per heavy atom. The molecular formula is C15H24N2O. The second-order valence-corrected chi connectivity index (χ2v) is 4.78. The summed E-state index contributed by atoms with van der Waals surface area (Å²) in [5.74, 6) is 0.0371. The Balaban J connectivity index is 2.34. The summed E-state index contributed by atoms with van der Waals surface area (Å²) in [5, 5.41) is 2.97. The number of benzene rings is 1. The van der Waals surface area contributed by atoms with E-state index in [-0.39, 0.29) is 5.91 Å². The monoisotopic (exact) mass is 248 g/mol. The van der Waals surface area contributed by atoms with Gasteiger partial charge in [-0.1, -0.05) is 30.5 Å². The normalized spacial score (nSPS) is 10.4. The largest absolute Gasteiger partial charge is 0.352 e. The van der Waals surface area contributed by atoms with Crippen LogP contribution in [0.15, 0.2) is 18.2 Å². The Hall–Kier alpha value is -1.35. The van der Waals surface area contributed by atoms with Crippen molar-refractivity contribution in [1.29, 1.82) is 0 Å². The summed E-state index contributed by atoms with van der Waals surface area (Å²) in [6, 6.07) is 5.96. The van der Waals surface area contributed by atoms with E-state index in [4.69, 9.17) is 5.73 Å². The minimum Gasteiger partial charge on any atom is -0.352 e. The van der Waals surface area contributed by atoms with Crippen LogP contribution in [0.2, 0.25) is 0 Å². The minimum atomic E-state index is 0.0371. The van der Waals surface area contributed by atoms with E-state index >= 15 is 0 Å². The number of hydrogen-bond acceptors (Lipinski definition) is 2. The molecule has 0 aliphatic heterocycles. The van der Waals surface area contributed by atoms with Crippen LogP contribution in [0.3, 0.4) is 0 Å². The van der Waals surface area contributed by atoms with Crippen LogP contribution < -0.4 is 11.1 Å². The zero-order valence-corrected chi connectivity index (χ0v) is 11.5. The molecule has 3 heteroatoms. The first-order valence-electron chi connectivity index (χ1n) is 6.70. The SMILES string of the molecule is Cc1ccc(C)c(C(=O)NCCCCCCN)c1. The summed E-state index contributed by atoms with van der Waals surface area (Å²) in [6.07, 6.45) is 4.38. The van der Waals surface area contributed by atoms with Gasteiger partial charge in [-0.15, -0.1) is 0 Å². The maximum absolute atomic E-state index is 12.0. The fourth-order valence-corrected chi connectivity index (χ4v) is 1.90. The van der Waals surface area contributed by atoms with Crippen LogP contribution >= 0.6 is 0 Å². The highest BCUT2D eigenvalue weighted by Crippen LogP contribution is 2.10.